The van der Waals surface area contributed by atoms with Gasteiger partial charge >= 0.3 is 0 Å². The first kappa shape index (κ1) is 17.6. The molecule has 0 radical (unpaired) electrons. The van der Waals surface area contributed by atoms with Crippen molar-refractivity contribution in [1.29, 1.82) is 0 Å². The van der Waals surface area contributed by atoms with Gasteiger partial charge in [0.05, 0.1) is 20.3 Å². The van der Waals surface area contributed by atoms with E-state index in [2.05, 4.69) is 37.8 Å². The van der Waals surface area contributed by atoms with E-state index in [1.54, 1.807) is 14.2 Å². The van der Waals surface area contributed by atoms with Crippen molar-refractivity contribution in [3.8, 4) is 11.5 Å². The van der Waals surface area contributed by atoms with Gasteiger partial charge in [-0.25, -0.2) is 0 Å². The summed E-state index contributed by atoms with van der Waals surface area (Å²) in [5, 5.41) is 10.7. The van der Waals surface area contributed by atoms with Crippen molar-refractivity contribution >= 4 is 0 Å². The highest BCUT2D eigenvalue weighted by molar-refractivity contribution is 5.49. The summed E-state index contributed by atoms with van der Waals surface area (Å²) >= 11 is 0. The molecule has 0 amide bonds. The molecule has 0 saturated carbocycles. The van der Waals surface area contributed by atoms with Crippen LogP contribution in [0.5, 0.6) is 11.5 Å². The molecule has 0 aromatic heterocycles. The lowest BCUT2D eigenvalue weighted by atomic mass is 9.75. The first-order valence-corrected chi connectivity index (χ1v) is 8.99. The second kappa shape index (κ2) is 6.57. The Morgan fingerprint density at radius 3 is 2.46 bits per heavy atom. The van der Waals surface area contributed by atoms with Crippen molar-refractivity contribution in [3.63, 3.8) is 0 Å². The van der Waals surface area contributed by atoms with E-state index in [9.17, 15) is 5.11 Å². The topological polar surface area (TPSA) is 41.9 Å². The number of aliphatic hydroxyl groups is 1. The number of rotatable bonds is 3. The molecule has 1 fully saturated rings. The number of methoxy groups -OCH3 is 2. The molecule has 24 heavy (non-hydrogen) atoms. The SMILES string of the molecule is COc1cc2c(cc1OC)C1CC(O)C(CC(C)(C)C)CN1CC2. The molecule has 2 aliphatic rings. The minimum atomic E-state index is -0.232. The zero-order valence-corrected chi connectivity index (χ0v) is 15.6. The highest BCUT2D eigenvalue weighted by Gasteiger charge is 2.39. The molecule has 1 N–H and O–H groups in total. The predicted octanol–water partition coefficient (Wildman–Crippen LogP) is 3.42. The Labute approximate surface area is 145 Å². The van der Waals surface area contributed by atoms with Gasteiger partial charge in [0.1, 0.15) is 0 Å². The largest absolute Gasteiger partial charge is 0.493 e. The molecule has 0 aliphatic carbocycles. The van der Waals surface area contributed by atoms with Gasteiger partial charge in [0.15, 0.2) is 11.5 Å². The van der Waals surface area contributed by atoms with E-state index >= 15 is 0 Å². The monoisotopic (exact) mass is 333 g/mol. The van der Waals surface area contributed by atoms with Crippen LogP contribution in [0.4, 0.5) is 0 Å². The molecule has 1 aromatic rings. The van der Waals surface area contributed by atoms with Gasteiger partial charge in [0, 0.05) is 19.1 Å². The van der Waals surface area contributed by atoms with Gasteiger partial charge in [-0.2, -0.15) is 0 Å². The maximum absolute atomic E-state index is 10.7. The Balaban J connectivity index is 1.86. The molecule has 4 heteroatoms. The Morgan fingerprint density at radius 2 is 1.83 bits per heavy atom. The summed E-state index contributed by atoms with van der Waals surface area (Å²) in [6.45, 7) is 8.81. The minimum absolute atomic E-state index is 0.232. The fourth-order valence-electron chi connectivity index (χ4n) is 4.41. The lowest BCUT2D eigenvalue weighted by molar-refractivity contribution is -0.0259. The lowest BCUT2D eigenvalue weighted by Gasteiger charge is -2.47. The molecule has 1 aromatic carbocycles. The Morgan fingerprint density at radius 1 is 1.17 bits per heavy atom. The third-order valence-corrected chi connectivity index (χ3v) is 5.47. The van der Waals surface area contributed by atoms with Gasteiger partial charge in [-0.3, -0.25) is 4.90 Å². The standard InChI is InChI=1S/C20H31NO3/c1-20(2,3)11-14-12-21-7-6-13-8-18(23-4)19(24-5)9-15(13)16(21)10-17(14)22/h8-9,14,16-17,22H,6-7,10-12H2,1-5H3. The Bertz CT molecular complexity index is 593. The van der Waals surface area contributed by atoms with Crippen LogP contribution in [0.2, 0.25) is 0 Å². The summed E-state index contributed by atoms with van der Waals surface area (Å²) in [4.78, 5) is 2.55. The number of hydrogen-bond donors (Lipinski definition) is 1. The maximum Gasteiger partial charge on any atom is 0.161 e. The van der Waals surface area contributed by atoms with Gasteiger partial charge < -0.3 is 14.6 Å². The normalized spacial score (nSPS) is 27.3. The Kier molecular flexibility index (Phi) is 4.80. The molecule has 3 rings (SSSR count). The van der Waals surface area contributed by atoms with Crippen LogP contribution in [0.1, 0.15) is 50.8 Å². The zero-order chi connectivity index (χ0) is 17.5. The summed E-state index contributed by atoms with van der Waals surface area (Å²) in [5.74, 6) is 1.94. The number of piperidine rings is 1. The number of fused-ring (bicyclic) bond motifs is 3. The van der Waals surface area contributed by atoms with Crippen molar-refractivity contribution in [1.82, 2.24) is 4.90 Å². The van der Waals surface area contributed by atoms with Crippen LogP contribution in [0.15, 0.2) is 12.1 Å². The fourth-order valence-corrected chi connectivity index (χ4v) is 4.41. The summed E-state index contributed by atoms with van der Waals surface area (Å²) in [6, 6.07) is 4.51. The Hall–Kier alpha value is -1.26. The van der Waals surface area contributed by atoms with E-state index < -0.39 is 0 Å². The van der Waals surface area contributed by atoms with Crippen molar-refractivity contribution in [3.05, 3.63) is 23.3 Å². The molecule has 2 heterocycles. The second-order valence-electron chi connectivity index (χ2n) is 8.49. The van der Waals surface area contributed by atoms with Crippen LogP contribution >= 0.6 is 0 Å². The minimum Gasteiger partial charge on any atom is -0.493 e. The molecule has 1 saturated heterocycles. The first-order chi connectivity index (χ1) is 11.3. The van der Waals surface area contributed by atoms with E-state index in [0.29, 0.717) is 12.0 Å². The highest BCUT2D eigenvalue weighted by Crippen LogP contribution is 2.44. The summed E-state index contributed by atoms with van der Waals surface area (Å²) in [5.41, 5.74) is 2.88. The zero-order valence-electron chi connectivity index (χ0n) is 15.6. The average molecular weight is 333 g/mol. The van der Waals surface area contributed by atoms with Gasteiger partial charge in [-0.15, -0.1) is 0 Å². The number of hydrogen-bond acceptors (Lipinski definition) is 4. The lowest BCUT2D eigenvalue weighted by Crippen LogP contribution is -2.48. The third kappa shape index (κ3) is 3.40. The number of ether oxygens (including phenoxy) is 2. The van der Waals surface area contributed by atoms with Crippen molar-refractivity contribution in [2.45, 2.75) is 52.2 Å². The van der Waals surface area contributed by atoms with Crippen LogP contribution in [0, 0.1) is 11.3 Å². The van der Waals surface area contributed by atoms with Gasteiger partial charge in [-0.1, -0.05) is 20.8 Å². The third-order valence-electron chi connectivity index (χ3n) is 5.47. The van der Waals surface area contributed by atoms with Crippen LogP contribution in [0.3, 0.4) is 0 Å². The quantitative estimate of drug-likeness (QED) is 0.920. The summed E-state index contributed by atoms with van der Waals surface area (Å²) in [6.07, 6.45) is 2.67. The highest BCUT2D eigenvalue weighted by atomic mass is 16.5. The van der Waals surface area contributed by atoms with Crippen LogP contribution in [0.25, 0.3) is 0 Å². The van der Waals surface area contributed by atoms with E-state index in [4.69, 9.17) is 9.47 Å². The van der Waals surface area contributed by atoms with Crippen LogP contribution < -0.4 is 9.47 Å². The van der Waals surface area contributed by atoms with E-state index in [1.165, 1.54) is 11.1 Å². The van der Waals surface area contributed by atoms with Crippen molar-refractivity contribution in [2.24, 2.45) is 11.3 Å². The molecular weight excluding hydrogens is 302 g/mol. The summed E-state index contributed by atoms with van der Waals surface area (Å²) < 4.78 is 10.9. The van der Waals surface area contributed by atoms with E-state index in [0.717, 1.165) is 43.9 Å². The molecule has 2 aliphatic heterocycles. The number of benzene rings is 1. The summed E-state index contributed by atoms with van der Waals surface area (Å²) in [7, 11) is 3.36. The second-order valence-corrected chi connectivity index (χ2v) is 8.49. The average Bonchev–Trinajstić information content (AvgIpc) is 2.53. The van der Waals surface area contributed by atoms with Gasteiger partial charge in [0.2, 0.25) is 0 Å². The first-order valence-electron chi connectivity index (χ1n) is 8.99. The smallest absolute Gasteiger partial charge is 0.161 e. The van der Waals surface area contributed by atoms with Gasteiger partial charge in [0.25, 0.3) is 0 Å². The van der Waals surface area contributed by atoms with Crippen molar-refractivity contribution in [2.75, 3.05) is 27.3 Å². The fraction of sp³-hybridized carbons (Fsp3) is 0.700. The van der Waals surface area contributed by atoms with Crippen molar-refractivity contribution < 1.29 is 14.6 Å². The number of aliphatic hydroxyl groups excluding tert-OH is 1. The molecule has 4 nitrogen and oxygen atoms in total. The molecule has 0 bridgehead atoms. The molecule has 3 unspecified atom stereocenters. The maximum atomic E-state index is 10.7. The van der Waals surface area contributed by atoms with Gasteiger partial charge in [-0.05, 0) is 53.9 Å². The molecular formula is C20H31NO3. The molecule has 0 spiro atoms. The van der Waals surface area contributed by atoms with Crippen LogP contribution in [-0.2, 0) is 6.42 Å². The van der Waals surface area contributed by atoms with E-state index in [-0.39, 0.29) is 11.5 Å². The molecule has 3 atom stereocenters. The predicted molar refractivity (Wildman–Crippen MR) is 95.7 cm³/mol. The molecule has 134 valence electrons. The van der Waals surface area contributed by atoms with Crippen LogP contribution in [-0.4, -0.2) is 43.4 Å². The van der Waals surface area contributed by atoms with E-state index in [1.807, 2.05) is 0 Å². The number of nitrogens with zero attached hydrogens (tertiary/aromatic N) is 1.